The van der Waals surface area contributed by atoms with Gasteiger partial charge in [-0.05, 0) is 54.0 Å². The van der Waals surface area contributed by atoms with Gasteiger partial charge in [-0.2, -0.15) is 0 Å². The van der Waals surface area contributed by atoms with Gasteiger partial charge in [-0.1, -0.05) is 42.4 Å². The molecule has 0 aliphatic carbocycles. The van der Waals surface area contributed by atoms with E-state index in [0.717, 1.165) is 16.9 Å². The second kappa shape index (κ2) is 8.37. The van der Waals surface area contributed by atoms with Crippen molar-refractivity contribution in [2.45, 2.75) is 6.92 Å². The van der Waals surface area contributed by atoms with Crippen LogP contribution in [0.1, 0.15) is 18.1 Å². The maximum Gasteiger partial charge on any atom is 0.338 e. The van der Waals surface area contributed by atoms with Gasteiger partial charge in [-0.25, -0.2) is 4.79 Å². The summed E-state index contributed by atoms with van der Waals surface area (Å²) < 4.78 is 10.3. The van der Waals surface area contributed by atoms with Crippen LogP contribution in [0.3, 0.4) is 0 Å². The predicted molar refractivity (Wildman–Crippen MR) is 98.1 cm³/mol. The van der Waals surface area contributed by atoms with Crippen molar-refractivity contribution in [3.63, 3.8) is 0 Å². The summed E-state index contributed by atoms with van der Waals surface area (Å²) in [6.45, 7) is 6.13. The molecule has 0 N–H and O–H groups in total. The zero-order valence-corrected chi connectivity index (χ0v) is 14.5. The summed E-state index contributed by atoms with van der Waals surface area (Å²) in [4.78, 5) is 12.4. The molecule has 2 aromatic rings. The Labute approximate surface area is 147 Å². The highest BCUT2D eigenvalue weighted by Crippen LogP contribution is 2.26. The lowest BCUT2D eigenvalue weighted by Crippen LogP contribution is -2.09. The molecule has 0 aliphatic rings. The van der Waals surface area contributed by atoms with Crippen LogP contribution >= 0.6 is 11.6 Å². The van der Waals surface area contributed by atoms with Crippen LogP contribution in [0.2, 0.25) is 5.02 Å². The molecule has 2 rings (SSSR count). The zero-order chi connectivity index (χ0) is 17.5. The Kier molecular flexibility index (Phi) is 6.21. The second-order valence-electron chi connectivity index (χ2n) is 5.04. The molecule has 0 aromatic heterocycles. The first-order valence-electron chi connectivity index (χ1n) is 7.53. The van der Waals surface area contributed by atoms with Gasteiger partial charge in [0.25, 0.3) is 0 Å². The number of hydrogen-bond donors (Lipinski definition) is 0. The molecule has 0 heterocycles. The van der Waals surface area contributed by atoms with E-state index in [-0.39, 0.29) is 0 Å². The molecule has 2 aromatic carbocycles. The molecular formula is C20H19ClO3. The third kappa shape index (κ3) is 4.49. The normalized spacial score (nSPS) is 11.0. The van der Waals surface area contributed by atoms with Gasteiger partial charge in [-0.3, -0.25) is 0 Å². The van der Waals surface area contributed by atoms with Gasteiger partial charge in [0, 0.05) is 5.02 Å². The first-order valence-corrected chi connectivity index (χ1v) is 7.91. The minimum Gasteiger partial charge on any atom is -0.497 e. The topological polar surface area (TPSA) is 35.5 Å². The van der Waals surface area contributed by atoms with Crippen molar-refractivity contribution < 1.29 is 14.3 Å². The standard InChI is InChI=1S/C20H19ClO3/c1-4-24-20(22)19(13-15-5-9-17(21)10-6-15)14(2)16-7-11-18(23-3)12-8-16/h5-13H,2,4H2,1,3H3/b19-13-. The predicted octanol–water partition coefficient (Wildman–Crippen LogP) is 5.01. The summed E-state index contributed by atoms with van der Waals surface area (Å²) in [6, 6.07) is 14.6. The number of methoxy groups -OCH3 is 1. The molecule has 3 nitrogen and oxygen atoms in total. The molecule has 0 unspecified atom stereocenters. The fourth-order valence-corrected chi connectivity index (χ4v) is 2.28. The van der Waals surface area contributed by atoms with Crippen LogP contribution < -0.4 is 4.74 Å². The number of carbonyl (C=O) groups is 1. The summed E-state index contributed by atoms with van der Waals surface area (Å²) in [6.07, 6.45) is 1.75. The number of halogens is 1. The smallest absolute Gasteiger partial charge is 0.338 e. The maximum atomic E-state index is 12.4. The van der Waals surface area contributed by atoms with E-state index in [0.29, 0.717) is 22.8 Å². The fraction of sp³-hybridized carbons (Fsp3) is 0.150. The third-order valence-electron chi connectivity index (χ3n) is 3.44. The molecule has 0 amide bonds. The van der Waals surface area contributed by atoms with E-state index in [4.69, 9.17) is 21.1 Å². The molecule has 0 atom stereocenters. The molecule has 0 saturated heterocycles. The highest BCUT2D eigenvalue weighted by molar-refractivity contribution is 6.30. The lowest BCUT2D eigenvalue weighted by Gasteiger charge is -2.11. The van der Waals surface area contributed by atoms with Crippen molar-refractivity contribution in [1.82, 2.24) is 0 Å². The first-order chi connectivity index (χ1) is 11.5. The number of hydrogen-bond acceptors (Lipinski definition) is 3. The third-order valence-corrected chi connectivity index (χ3v) is 3.69. The van der Waals surface area contributed by atoms with Crippen molar-refractivity contribution in [3.05, 3.63) is 76.8 Å². The monoisotopic (exact) mass is 342 g/mol. The second-order valence-corrected chi connectivity index (χ2v) is 5.47. The van der Waals surface area contributed by atoms with Crippen molar-refractivity contribution in [2.75, 3.05) is 13.7 Å². The number of rotatable bonds is 6. The van der Waals surface area contributed by atoms with Crippen LogP contribution in [0.4, 0.5) is 0 Å². The van der Waals surface area contributed by atoms with Gasteiger partial charge in [0.15, 0.2) is 0 Å². The van der Waals surface area contributed by atoms with E-state index in [9.17, 15) is 4.79 Å². The summed E-state index contributed by atoms with van der Waals surface area (Å²) in [5.41, 5.74) is 2.66. The Balaban J connectivity index is 2.39. The van der Waals surface area contributed by atoms with E-state index >= 15 is 0 Å². The Hall–Kier alpha value is -2.52. The highest BCUT2D eigenvalue weighted by atomic mass is 35.5. The van der Waals surface area contributed by atoms with Crippen molar-refractivity contribution in [3.8, 4) is 5.75 Å². The molecule has 0 spiro atoms. The van der Waals surface area contributed by atoms with Gasteiger partial charge in [0.2, 0.25) is 0 Å². The van der Waals surface area contributed by atoms with E-state index in [1.165, 1.54) is 0 Å². The Morgan fingerprint density at radius 1 is 1.12 bits per heavy atom. The quantitative estimate of drug-likeness (QED) is 0.420. The molecular weight excluding hydrogens is 324 g/mol. The molecule has 0 aliphatic heterocycles. The fourth-order valence-electron chi connectivity index (χ4n) is 2.15. The number of carbonyl (C=O) groups excluding carboxylic acids is 1. The lowest BCUT2D eigenvalue weighted by atomic mass is 9.97. The summed E-state index contributed by atoms with van der Waals surface area (Å²) in [5, 5.41) is 0.638. The van der Waals surface area contributed by atoms with Gasteiger partial charge in [-0.15, -0.1) is 0 Å². The number of benzene rings is 2. The number of ether oxygens (including phenoxy) is 2. The van der Waals surface area contributed by atoms with Crippen LogP contribution in [-0.4, -0.2) is 19.7 Å². The summed E-state index contributed by atoms with van der Waals surface area (Å²) in [5.74, 6) is 0.333. The molecule has 124 valence electrons. The molecule has 4 heteroatoms. The largest absolute Gasteiger partial charge is 0.497 e. The van der Waals surface area contributed by atoms with E-state index in [1.807, 2.05) is 36.4 Å². The first kappa shape index (κ1) is 17.8. The van der Waals surface area contributed by atoms with Crippen LogP contribution in [0.5, 0.6) is 5.75 Å². The van der Waals surface area contributed by atoms with E-state index in [1.54, 1.807) is 32.2 Å². The average molecular weight is 343 g/mol. The SMILES string of the molecule is C=C(/C(=C/c1ccc(Cl)cc1)C(=O)OCC)c1ccc(OC)cc1. The molecule has 0 bridgehead atoms. The zero-order valence-electron chi connectivity index (χ0n) is 13.7. The van der Waals surface area contributed by atoms with Crippen LogP contribution in [0.25, 0.3) is 11.6 Å². The van der Waals surface area contributed by atoms with Gasteiger partial charge < -0.3 is 9.47 Å². The van der Waals surface area contributed by atoms with E-state index in [2.05, 4.69) is 6.58 Å². The average Bonchev–Trinajstić information content (AvgIpc) is 2.61. The van der Waals surface area contributed by atoms with E-state index < -0.39 is 5.97 Å². The summed E-state index contributed by atoms with van der Waals surface area (Å²) >= 11 is 5.91. The van der Waals surface area contributed by atoms with Crippen molar-refractivity contribution in [2.24, 2.45) is 0 Å². The molecule has 0 radical (unpaired) electrons. The van der Waals surface area contributed by atoms with Crippen molar-refractivity contribution >= 4 is 29.2 Å². The van der Waals surface area contributed by atoms with Crippen LogP contribution in [-0.2, 0) is 9.53 Å². The van der Waals surface area contributed by atoms with Gasteiger partial charge in [0.1, 0.15) is 5.75 Å². The minimum atomic E-state index is -0.409. The van der Waals surface area contributed by atoms with Gasteiger partial charge >= 0.3 is 5.97 Å². The van der Waals surface area contributed by atoms with Crippen LogP contribution in [0, 0.1) is 0 Å². The number of esters is 1. The maximum absolute atomic E-state index is 12.4. The molecule has 0 saturated carbocycles. The lowest BCUT2D eigenvalue weighted by molar-refractivity contribution is -0.137. The Morgan fingerprint density at radius 3 is 2.29 bits per heavy atom. The van der Waals surface area contributed by atoms with Gasteiger partial charge in [0.05, 0.1) is 19.3 Å². The minimum absolute atomic E-state index is 0.298. The Morgan fingerprint density at radius 2 is 1.75 bits per heavy atom. The van der Waals surface area contributed by atoms with Crippen LogP contribution in [0.15, 0.2) is 60.7 Å². The summed E-state index contributed by atoms with van der Waals surface area (Å²) in [7, 11) is 1.61. The highest BCUT2D eigenvalue weighted by Gasteiger charge is 2.16. The molecule has 24 heavy (non-hydrogen) atoms. The van der Waals surface area contributed by atoms with Crippen molar-refractivity contribution in [1.29, 1.82) is 0 Å². The molecule has 0 fully saturated rings. The Bertz CT molecular complexity index is 743.